The number of halogens is 3. The number of nitro groups is 3. The molecule has 388 valence electrons. The molecular weight excluding hydrogens is 1020 g/mol. The van der Waals surface area contributed by atoms with E-state index in [0.29, 0.717) is 31.7 Å². The second-order valence-corrected chi connectivity index (χ2v) is 17.2. The van der Waals surface area contributed by atoms with E-state index < -0.39 is 26.0 Å². The number of nitrogens with one attached hydrogen (secondary N) is 3. The van der Waals surface area contributed by atoms with Crippen molar-refractivity contribution in [3.05, 3.63) is 90.5 Å². The first-order valence-corrected chi connectivity index (χ1v) is 21.5. The topological polar surface area (TPSA) is 339 Å². The molecule has 3 aliphatic rings. The summed E-state index contributed by atoms with van der Waals surface area (Å²) in [4.78, 5) is 80.3. The Kier molecular flexibility index (Phi) is 37.0. The fourth-order valence-electron chi connectivity index (χ4n) is 6.12. The number of carbonyl (C=O) groups excluding carboxylic acids is 3. The molecule has 0 spiro atoms. The van der Waals surface area contributed by atoms with E-state index in [2.05, 4.69) is 35.8 Å². The summed E-state index contributed by atoms with van der Waals surface area (Å²) >= 11 is 5.37. The Morgan fingerprint density at radius 1 is 0.704 bits per heavy atom. The minimum absolute atomic E-state index is 0. The zero-order valence-corrected chi connectivity index (χ0v) is 47.5. The van der Waals surface area contributed by atoms with Gasteiger partial charge in [-0.1, -0.05) is 11.6 Å². The van der Waals surface area contributed by atoms with Gasteiger partial charge in [-0.15, -0.1) is 24.8 Å². The number of ether oxygens (including phenoxy) is 2. The number of pyridine rings is 3. The Balaban J connectivity index is -0.000000422. The number of aromatic nitrogens is 3. The third-order valence-electron chi connectivity index (χ3n) is 9.30. The predicted octanol–water partition coefficient (Wildman–Crippen LogP) is 0.342. The Labute approximate surface area is 475 Å². The quantitative estimate of drug-likeness (QED) is 0.0590. The number of likely N-dealkylation sites (tertiary alicyclic amines) is 2. The van der Waals surface area contributed by atoms with E-state index in [4.69, 9.17) is 36.9 Å². The summed E-state index contributed by atoms with van der Waals surface area (Å²) in [5, 5.41) is 49.7. The summed E-state index contributed by atoms with van der Waals surface area (Å²) in [5.41, 5.74) is 4.67. The molecule has 0 atom stereocenters. The van der Waals surface area contributed by atoms with Crippen LogP contribution in [0.25, 0.3) is 0 Å². The van der Waals surface area contributed by atoms with Crippen LogP contribution < -0.4 is 86.1 Å². The van der Waals surface area contributed by atoms with Gasteiger partial charge in [-0.2, -0.15) is 0 Å². The normalized spacial score (nSPS) is 14.5. The van der Waals surface area contributed by atoms with E-state index in [-0.39, 0.29) is 150 Å². The monoisotopic (exact) mass is 1080 g/mol. The van der Waals surface area contributed by atoms with Crippen molar-refractivity contribution < 1.29 is 109 Å². The van der Waals surface area contributed by atoms with Crippen LogP contribution in [0.3, 0.4) is 0 Å². The number of nitrogens with zero attached hydrogens (tertiary/aromatic N) is 8. The molecule has 6 heterocycles. The van der Waals surface area contributed by atoms with Gasteiger partial charge >= 0.3 is 88.4 Å². The molecule has 3 aromatic heterocycles. The van der Waals surface area contributed by atoms with Crippen molar-refractivity contribution in [3.8, 4) is 0 Å². The molecule has 3 aromatic rings. The largest absolute Gasteiger partial charge is 1.00 e. The number of hydrogen-bond donors (Lipinski definition) is 4. The van der Waals surface area contributed by atoms with Crippen molar-refractivity contribution in [1.82, 2.24) is 30.1 Å². The predicted molar refractivity (Wildman–Crippen MR) is 259 cm³/mol. The molecule has 30 heteroatoms. The molecule has 0 bridgehead atoms. The second-order valence-electron chi connectivity index (χ2n) is 16.9. The Morgan fingerprint density at radius 3 is 1.37 bits per heavy atom. The smallest absolute Gasteiger partial charge is 1.00 e. The zero-order valence-electron chi connectivity index (χ0n) is 42.1. The fourth-order valence-corrected chi connectivity index (χ4v) is 6.31. The molecule has 6 rings (SSSR count). The van der Waals surface area contributed by atoms with E-state index in [1.165, 1.54) is 42.7 Å². The van der Waals surface area contributed by atoms with E-state index in [9.17, 15) is 39.9 Å². The van der Waals surface area contributed by atoms with Gasteiger partial charge in [0.05, 0.1) is 14.8 Å². The minimum atomic E-state index is -0.574. The van der Waals surface area contributed by atoms with Crippen LogP contribution in [-0.4, -0.2) is 127 Å². The molecule has 3 saturated heterocycles. The number of piperidine rings is 3. The van der Waals surface area contributed by atoms with Gasteiger partial charge in [0.2, 0.25) is 16.8 Å². The van der Waals surface area contributed by atoms with E-state index in [0.717, 1.165) is 51.9 Å². The maximum atomic E-state index is 12.0. The summed E-state index contributed by atoms with van der Waals surface area (Å²) in [5.74, 6) is 0.646. The van der Waals surface area contributed by atoms with Crippen LogP contribution in [-0.2, 0) is 19.2 Å². The van der Waals surface area contributed by atoms with Crippen LogP contribution >= 0.6 is 36.4 Å². The van der Waals surface area contributed by atoms with E-state index in [1.54, 1.807) is 22.1 Å². The summed E-state index contributed by atoms with van der Waals surface area (Å²) in [7, 11) is 0. The summed E-state index contributed by atoms with van der Waals surface area (Å²) in [6, 6.07) is 9.33. The molecule has 3 fully saturated rings. The Bertz CT molecular complexity index is 2070. The maximum absolute atomic E-state index is 12.0. The van der Waals surface area contributed by atoms with Crippen molar-refractivity contribution in [2.24, 2.45) is 5.73 Å². The first kappa shape index (κ1) is 71.3. The molecule has 2 amide bonds. The molecular formula is C41H63Cl3N12Na2O13. The standard InChI is InChI=1S/C15H22N4O4.C10H14N4O2.C10H20N2O2.C5H3ClN2O2.CH2O3.2ClH.2Na.H/c1-15(2,3)23-14(20)18-9-6-11(7-10-18)17-13-12(19(21)22)5-4-8-16-13;15-14(16)9-2-1-5-12-10(9)13-8-3-6-11-7-4-8;1-10(2,3)14-9(13)12-6-4-8(11)5-7-12;6-5-4(8(9)10)2-1-3-7-5;2-1-4-3;;;;;/h4-5,8,11H,6-7,9-10H2,1-3H3,(H,16,17);1-2,5,8,11H,3-4,6-7H2,(H,12,13);8H,4-7,11H2,1-3H3;1-3H;1,3H;2*1H;;;/q;;;;;;;2*+1;-1/p-1. The summed E-state index contributed by atoms with van der Waals surface area (Å²) < 4.78 is 10.6. The molecule has 25 nitrogen and oxygen atoms in total. The molecule has 71 heavy (non-hydrogen) atoms. The second kappa shape index (κ2) is 36.8. The zero-order chi connectivity index (χ0) is 50.2. The van der Waals surface area contributed by atoms with Crippen LogP contribution in [0.4, 0.5) is 38.3 Å². The number of rotatable bonds is 8. The molecule has 0 radical (unpaired) electrons. The van der Waals surface area contributed by atoms with Gasteiger partial charge in [0.25, 0.3) is 6.47 Å². The van der Waals surface area contributed by atoms with Crippen LogP contribution in [0.1, 0.15) is 81.5 Å². The van der Waals surface area contributed by atoms with Crippen molar-refractivity contribution >= 4 is 83.8 Å². The molecule has 0 aromatic carbocycles. The summed E-state index contributed by atoms with van der Waals surface area (Å²) in [6.07, 6.45) is 9.00. The number of nitrogens with two attached hydrogens (primary N) is 1. The number of anilines is 2. The fraction of sp³-hybridized carbons (Fsp3) is 0.561. The number of carbonyl (C=O) groups is 3. The maximum Gasteiger partial charge on any atom is 1.00 e. The average Bonchev–Trinajstić information content (AvgIpc) is 3.27. The Hall–Kier alpha value is -3.99. The van der Waals surface area contributed by atoms with Crippen LogP contribution in [0.5, 0.6) is 0 Å². The van der Waals surface area contributed by atoms with E-state index >= 15 is 0 Å². The molecule has 5 N–H and O–H groups in total. The van der Waals surface area contributed by atoms with Crippen molar-refractivity contribution in [2.75, 3.05) is 49.9 Å². The Morgan fingerprint density at radius 2 is 1.04 bits per heavy atom. The molecule has 0 unspecified atom stereocenters. The SMILES string of the molecule is CC(C)(C)OC(=O)N1CCC(N)CC1.CC(C)(C)OC(=O)N1CCC(Nc2ncccc2[N+](=O)[O-])CC1.Cl.Cl.O=CO[O-].O=[N+]([O-])c1cccnc1Cl.O=[N+]([O-])c1cccnc1NC1CCNCC1.[H-].[Na+].[Na+]. The van der Waals surface area contributed by atoms with Gasteiger partial charge in [-0.3, -0.25) is 35.1 Å². The molecule has 3 aliphatic heterocycles. The van der Waals surface area contributed by atoms with Gasteiger partial charge in [0.1, 0.15) is 11.2 Å². The van der Waals surface area contributed by atoms with Crippen molar-refractivity contribution in [2.45, 2.75) is 109 Å². The van der Waals surface area contributed by atoms with Crippen molar-refractivity contribution in [3.63, 3.8) is 0 Å². The van der Waals surface area contributed by atoms with Gasteiger partial charge in [0.15, 0.2) is 0 Å². The van der Waals surface area contributed by atoms with Gasteiger partial charge in [0, 0.05) is 81.1 Å². The average molecular weight is 1080 g/mol. The first-order valence-electron chi connectivity index (χ1n) is 21.2. The molecule has 0 saturated carbocycles. The third-order valence-corrected chi connectivity index (χ3v) is 9.59. The van der Waals surface area contributed by atoms with Crippen LogP contribution in [0.2, 0.25) is 5.15 Å². The molecule has 0 aliphatic carbocycles. The number of amides is 2. The minimum Gasteiger partial charge on any atom is -1.00 e. The third kappa shape index (κ3) is 29.3. The van der Waals surface area contributed by atoms with Gasteiger partial charge < -0.3 is 52.5 Å². The number of hydrogen-bond acceptors (Lipinski definition) is 20. The van der Waals surface area contributed by atoms with Gasteiger partial charge in [-0.05, 0) is 111 Å². The first-order chi connectivity index (χ1) is 31.5. The van der Waals surface area contributed by atoms with Crippen LogP contribution in [0.15, 0.2) is 55.0 Å². The van der Waals surface area contributed by atoms with Gasteiger partial charge in [-0.25, -0.2) is 24.5 Å². The van der Waals surface area contributed by atoms with Crippen molar-refractivity contribution in [1.29, 1.82) is 0 Å². The van der Waals surface area contributed by atoms with Crippen LogP contribution in [0, 0.1) is 30.3 Å². The summed E-state index contributed by atoms with van der Waals surface area (Å²) in [6.45, 7) is 15.4. The van der Waals surface area contributed by atoms with E-state index in [1.807, 2.05) is 41.5 Å².